The molecule has 0 saturated carbocycles. The van der Waals surface area contributed by atoms with Crippen LogP contribution in [0.3, 0.4) is 0 Å². The first kappa shape index (κ1) is 19.4. The summed E-state index contributed by atoms with van der Waals surface area (Å²) in [5.74, 6) is 0.0454. The van der Waals surface area contributed by atoms with E-state index < -0.39 is 0 Å². The number of amides is 1. The van der Waals surface area contributed by atoms with Gasteiger partial charge in [0.05, 0.1) is 22.9 Å². The third-order valence-corrected chi connectivity index (χ3v) is 7.84. The minimum atomic E-state index is 0.0454. The first-order chi connectivity index (χ1) is 16.2. The molecule has 1 N–H and O–H groups in total. The number of hydrogen-bond acceptors (Lipinski definition) is 3. The number of aromatic nitrogens is 3. The normalized spacial score (nSPS) is 19.6. The van der Waals surface area contributed by atoms with Crippen LogP contribution in [0.4, 0.5) is 0 Å². The Labute approximate surface area is 192 Å². The van der Waals surface area contributed by atoms with Crippen molar-refractivity contribution >= 4 is 27.7 Å². The van der Waals surface area contributed by atoms with E-state index in [0.717, 1.165) is 66.8 Å². The third kappa shape index (κ3) is 2.58. The summed E-state index contributed by atoms with van der Waals surface area (Å²) in [5.41, 5.74) is 10.4. The monoisotopic (exact) mass is 440 g/mol. The van der Waals surface area contributed by atoms with Crippen LogP contribution in [-0.2, 0) is 37.7 Å². The summed E-state index contributed by atoms with van der Waals surface area (Å²) in [6.45, 7) is 4.54. The zero-order valence-corrected chi connectivity index (χ0v) is 19.2. The SMILES string of the molecule is CCn1c2ccc(C3CCCCO3)cc2c2c3c(c4c(c21)CCc1nn(C)cc1-4)C(=O)NC3. The number of fused-ring (bicyclic) bond motifs is 10. The maximum atomic E-state index is 13.2. The number of rotatable bonds is 2. The lowest BCUT2D eigenvalue weighted by Gasteiger charge is -2.23. The molecular weight excluding hydrogens is 412 g/mol. The van der Waals surface area contributed by atoms with E-state index in [1.165, 1.54) is 39.4 Å². The van der Waals surface area contributed by atoms with Crippen LogP contribution >= 0.6 is 0 Å². The molecule has 1 saturated heterocycles. The number of hydrogen-bond donors (Lipinski definition) is 1. The van der Waals surface area contributed by atoms with Gasteiger partial charge in [-0.05, 0) is 67.9 Å². The van der Waals surface area contributed by atoms with E-state index in [2.05, 4.69) is 41.2 Å². The highest BCUT2D eigenvalue weighted by Crippen LogP contribution is 2.47. The summed E-state index contributed by atoms with van der Waals surface area (Å²) in [6, 6.07) is 6.86. The standard InChI is InChI=1S/C27H28N4O2/c1-3-31-21-10-7-15(22-6-4-5-11-33-22)12-17(21)24-18-13-28-27(32)25(18)23-16(26(24)31)8-9-20-19(23)14-30(2)29-20/h7,10,12,14,22H,3-6,8-9,11,13H2,1-2H3,(H,28,32). The quantitative estimate of drug-likeness (QED) is 0.487. The number of nitrogens with one attached hydrogen (secondary N) is 1. The lowest BCUT2D eigenvalue weighted by molar-refractivity contribution is 0.0150. The summed E-state index contributed by atoms with van der Waals surface area (Å²) in [7, 11) is 1.97. The van der Waals surface area contributed by atoms with Crippen molar-refractivity contribution in [3.63, 3.8) is 0 Å². The maximum Gasteiger partial charge on any atom is 0.252 e. The molecule has 0 bridgehead atoms. The number of aryl methyl sites for hydroxylation is 4. The van der Waals surface area contributed by atoms with E-state index in [-0.39, 0.29) is 12.0 Å². The van der Waals surface area contributed by atoms with Crippen molar-refractivity contribution in [2.45, 2.75) is 58.2 Å². The Morgan fingerprint density at radius 1 is 1.18 bits per heavy atom. The largest absolute Gasteiger partial charge is 0.374 e. The van der Waals surface area contributed by atoms with Crippen molar-refractivity contribution in [2.24, 2.45) is 7.05 Å². The van der Waals surface area contributed by atoms with Crippen molar-refractivity contribution in [1.29, 1.82) is 0 Å². The molecular formula is C27H28N4O2. The van der Waals surface area contributed by atoms with Crippen LogP contribution in [0.25, 0.3) is 32.9 Å². The molecule has 1 fully saturated rings. The van der Waals surface area contributed by atoms with Gasteiger partial charge in [0.15, 0.2) is 0 Å². The number of nitrogens with zero attached hydrogens (tertiary/aromatic N) is 3. The van der Waals surface area contributed by atoms with Gasteiger partial charge in [-0.3, -0.25) is 9.48 Å². The average Bonchev–Trinajstić information content (AvgIpc) is 3.51. The molecule has 6 heteroatoms. The molecule has 1 aliphatic carbocycles. The molecule has 4 aromatic rings. The van der Waals surface area contributed by atoms with Gasteiger partial charge in [0.25, 0.3) is 5.91 Å². The highest BCUT2D eigenvalue weighted by atomic mass is 16.5. The van der Waals surface area contributed by atoms with E-state index in [4.69, 9.17) is 9.84 Å². The van der Waals surface area contributed by atoms with Crippen molar-refractivity contribution in [2.75, 3.05) is 6.61 Å². The fraction of sp³-hybridized carbons (Fsp3) is 0.407. The lowest BCUT2D eigenvalue weighted by Crippen LogP contribution is -2.15. The zero-order chi connectivity index (χ0) is 22.3. The first-order valence-corrected chi connectivity index (χ1v) is 12.2. The Kier molecular flexibility index (Phi) is 4.07. The van der Waals surface area contributed by atoms with Gasteiger partial charge in [0, 0.05) is 60.4 Å². The van der Waals surface area contributed by atoms with Gasteiger partial charge in [-0.2, -0.15) is 5.10 Å². The Balaban J connectivity index is 1.60. The van der Waals surface area contributed by atoms with Crippen molar-refractivity contribution < 1.29 is 9.53 Å². The second kappa shape index (κ2) is 6.94. The van der Waals surface area contributed by atoms with Crippen molar-refractivity contribution in [1.82, 2.24) is 19.7 Å². The van der Waals surface area contributed by atoms with Gasteiger partial charge in [0.1, 0.15) is 0 Å². The number of carbonyl (C=O) groups is 1. The predicted octanol–water partition coefficient (Wildman–Crippen LogP) is 4.80. The fourth-order valence-corrected chi connectivity index (χ4v) is 6.47. The second-order valence-corrected chi connectivity index (χ2v) is 9.65. The van der Waals surface area contributed by atoms with E-state index >= 15 is 0 Å². The topological polar surface area (TPSA) is 61.1 Å². The average molecular weight is 441 g/mol. The van der Waals surface area contributed by atoms with Crippen LogP contribution in [0.2, 0.25) is 0 Å². The van der Waals surface area contributed by atoms with Gasteiger partial charge in [-0.1, -0.05) is 6.07 Å². The van der Waals surface area contributed by atoms with Crippen LogP contribution in [0, 0.1) is 0 Å². The molecule has 1 unspecified atom stereocenters. The van der Waals surface area contributed by atoms with E-state index in [1.807, 2.05) is 11.7 Å². The van der Waals surface area contributed by atoms with E-state index in [1.54, 1.807) is 0 Å². The maximum absolute atomic E-state index is 13.2. The second-order valence-electron chi connectivity index (χ2n) is 9.65. The van der Waals surface area contributed by atoms with Crippen molar-refractivity contribution in [3.05, 3.63) is 52.3 Å². The highest BCUT2D eigenvalue weighted by molar-refractivity contribution is 6.19. The molecule has 3 aliphatic rings. The summed E-state index contributed by atoms with van der Waals surface area (Å²) < 4.78 is 10.5. The number of carbonyl (C=O) groups excluding carboxylic acids is 1. The molecule has 1 amide bonds. The fourth-order valence-electron chi connectivity index (χ4n) is 6.47. The van der Waals surface area contributed by atoms with E-state index in [0.29, 0.717) is 6.54 Å². The molecule has 1 atom stereocenters. The van der Waals surface area contributed by atoms with Crippen molar-refractivity contribution in [3.8, 4) is 11.1 Å². The summed E-state index contributed by atoms with van der Waals surface area (Å²) in [4.78, 5) is 13.2. The van der Waals surface area contributed by atoms with Gasteiger partial charge < -0.3 is 14.6 Å². The molecule has 0 spiro atoms. The number of ether oxygens (including phenoxy) is 1. The zero-order valence-electron chi connectivity index (χ0n) is 19.2. The highest BCUT2D eigenvalue weighted by Gasteiger charge is 2.35. The Morgan fingerprint density at radius 3 is 2.91 bits per heavy atom. The van der Waals surface area contributed by atoms with Gasteiger partial charge in [-0.15, -0.1) is 0 Å². The Bertz CT molecular complexity index is 1470. The number of benzene rings is 2. The van der Waals surface area contributed by atoms with E-state index in [9.17, 15) is 4.79 Å². The molecule has 4 heterocycles. The van der Waals surface area contributed by atoms with Crippen LogP contribution in [0.1, 0.15) is 65.0 Å². The molecule has 2 aliphatic heterocycles. The Morgan fingerprint density at radius 2 is 2.09 bits per heavy atom. The molecule has 2 aromatic carbocycles. The molecule has 168 valence electrons. The van der Waals surface area contributed by atoms with Crippen LogP contribution < -0.4 is 5.32 Å². The third-order valence-electron chi connectivity index (χ3n) is 7.84. The van der Waals surface area contributed by atoms with Crippen LogP contribution in [0.5, 0.6) is 0 Å². The summed E-state index contributed by atoms with van der Waals surface area (Å²) in [6.07, 6.45) is 7.52. The first-order valence-electron chi connectivity index (χ1n) is 12.2. The molecule has 0 radical (unpaired) electrons. The van der Waals surface area contributed by atoms with Gasteiger partial charge in [0.2, 0.25) is 0 Å². The summed E-state index contributed by atoms with van der Waals surface area (Å²) >= 11 is 0. The summed E-state index contributed by atoms with van der Waals surface area (Å²) in [5, 5.41) is 10.3. The minimum absolute atomic E-state index is 0.0454. The molecule has 7 rings (SSSR count). The van der Waals surface area contributed by atoms with Crippen LogP contribution in [-0.4, -0.2) is 26.9 Å². The molecule has 33 heavy (non-hydrogen) atoms. The Hall–Kier alpha value is -3.12. The smallest absolute Gasteiger partial charge is 0.252 e. The van der Waals surface area contributed by atoms with Gasteiger partial charge >= 0.3 is 0 Å². The molecule has 6 nitrogen and oxygen atoms in total. The van der Waals surface area contributed by atoms with Gasteiger partial charge in [-0.25, -0.2) is 0 Å². The minimum Gasteiger partial charge on any atom is -0.374 e. The van der Waals surface area contributed by atoms with Crippen LogP contribution in [0.15, 0.2) is 24.4 Å². The lowest BCUT2D eigenvalue weighted by atomic mass is 9.82. The predicted molar refractivity (Wildman–Crippen MR) is 128 cm³/mol. The molecule has 2 aromatic heterocycles.